The number of carboxylic acid groups (broad SMARTS) is 1. The third-order valence-electron chi connectivity index (χ3n) is 2.56. The second-order valence-corrected chi connectivity index (χ2v) is 5.87. The molecule has 0 fully saturated rings. The molecule has 0 aliphatic rings. The van der Waals surface area contributed by atoms with Crippen molar-refractivity contribution in [2.75, 3.05) is 13.1 Å². The molecule has 0 aliphatic heterocycles. The molecule has 0 spiro atoms. The highest BCUT2D eigenvalue weighted by Gasteiger charge is 2.17. The van der Waals surface area contributed by atoms with Crippen LogP contribution in [0.4, 0.5) is 4.79 Å². The Hall–Kier alpha value is -1.56. The second-order valence-electron chi connectivity index (χ2n) is 4.95. The van der Waals surface area contributed by atoms with E-state index in [1.807, 2.05) is 38.1 Å². The summed E-state index contributed by atoms with van der Waals surface area (Å²) in [6.45, 7) is 4.39. The molecule has 6 heteroatoms. The van der Waals surface area contributed by atoms with Gasteiger partial charge in [-0.2, -0.15) is 0 Å². The van der Waals surface area contributed by atoms with Crippen molar-refractivity contribution in [2.45, 2.75) is 20.4 Å². The van der Waals surface area contributed by atoms with Crippen LogP contribution in [0.3, 0.4) is 0 Å². The highest BCUT2D eigenvalue weighted by molar-refractivity contribution is 9.10. The maximum absolute atomic E-state index is 12.0. The summed E-state index contributed by atoms with van der Waals surface area (Å²) < 4.78 is 0.972. The topological polar surface area (TPSA) is 69.6 Å². The zero-order chi connectivity index (χ0) is 15.1. The number of carbonyl (C=O) groups is 2. The van der Waals surface area contributed by atoms with Crippen LogP contribution >= 0.6 is 15.9 Å². The summed E-state index contributed by atoms with van der Waals surface area (Å²) in [4.78, 5) is 24.1. The standard InChI is InChI=1S/C14H19BrN2O3/c1-10(2)8-17(9-13(18)19)14(20)16-7-11-3-5-12(15)6-4-11/h3-6,10H,7-9H2,1-2H3,(H,16,20)(H,18,19). The van der Waals surface area contributed by atoms with E-state index in [1.165, 1.54) is 4.90 Å². The van der Waals surface area contributed by atoms with Crippen molar-refractivity contribution >= 4 is 27.9 Å². The fourth-order valence-corrected chi connectivity index (χ4v) is 1.98. The molecule has 5 nitrogen and oxygen atoms in total. The molecular weight excluding hydrogens is 324 g/mol. The van der Waals surface area contributed by atoms with E-state index >= 15 is 0 Å². The summed E-state index contributed by atoms with van der Waals surface area (Å²) in [5, 5.41) is 11.6. The first-order chi connectivity index (χ1) is 9.38. The van der Waals surface area contributed by atoms with Crippen LogP contribution in [0.2, 0.25) is 0 Å². The highest BCUT2D eigenvalue weighted by Crippen LogP contribution is 2.10. The number of benzene rings is 1. The van der Waals surface area contributed by atoms with E-state index in [-0.39, 0.29) is 18.5 Å². The summed E-state index contributed by atoms with van der Waals surface area (Å²) in [6, 6.07) is 7.22. The summed E-state index contributed by atoms with van der Waals surface area (Å²) in [7, 11) is 0. The van der Waals surface area contributed by atoms with Gasteiger partial charge in [0.2, 0.25) is 0 Å². The van der Waals surface area contributed by atoms with Crippen molar-refractivity contribution < 1.29 is 14.7 Å². The zero-order valence-corrected chi connectivity index (χ0v) is 13.2. The Morgan fingerprint density at radius 3 is 2.40 bits per heavy atom. The first kappa shape index (κ1) is 16.5. The summed E-state index contributed by atoms with van der Waals surface area (Å²) in [6.07, 6.45) is 0. The molecule has 2 N–H and O–H groups in total. The van der Waals surface area contributed by atoms with E-state index < -0.39 is 5.97 Å². The van der Waals surface area contributed by atoms with Gasteiger partial charge in [0.25, 0.3) is 0 Å². The summed E-state index contributed by atoms with van der Waals surface area (Å²) in [5.74, 6) is -0.794. The van der Waals surface area contributed by atoms with E-state index in [0.29, 0.717) is 13.1 Å². The van der Waals surface area contributed by atoms with Crippen LogP contribution in [0.25, 0.3) is 0 Å². The molecule has 110 valence electrons. The smallest absolute Gasteiger partial charge is 0.323 e. The molecule has 0 radical (unpaired) electrons. The van der Waals surface area contributed by atoms with Crippen LogP contribution in [0, 0.1) is 5.92 Å². The average molecular weight is 343 g/mol. The molecule has 0 bridgehead atoms. The lowest BCUT2D eigenvalue weighted by Crippen LogP contribution is -2.44. The monoisotopic (exact) mass is 342 g/mol. The third-order valence-corrected chi connectivity index (χ3v) is 3.08. The lowest BCUT2D eigenvalue weighted by atomic mass is 10.2. The van der Waals surface area contributed by atoms with Crippen LogP contribution in [0.15, 0.2) is 28.7 Å². The van der Waals surface area contributed by atoms with Crippen LogP contribution in [0.1, 0.15) is 19.4 Å². The van der Waals surface area contributed by atoms with Crippen molar-refractivity contribution in [3.05, 3.63) is 34.3 Å². The number of carboxylic acids is 1. The number of amides is 2. The maximum atomic E-state index is 12.0. The number of nitrogens with one attached hydrogen (secondary N) is 1. The van der Waals surface area contributed by atoms with E-state index in [0.717, 1.165) is 10.0 Å². The largest absolute Gasteiger partial charge is 0.480 e. The molecule has 1 rings (SSSR count). The fraction of sp³-hybridized carbons (Fsp3) is 0.429. The number of hydrogen-bond acceptors (Lipinski definition) is 2. The molecule has 0 saturated carbocycles. The molecule has 0 heterocycles. The molecule has 2 amide bonds. The van der Waals surface area contributed by atoms with Crippen LogP contribution in [-0.2, 0) is 11.3 Å². The van der Waals surface area contributed by atoms with Gasteiger partial charge in [-0.3, -0.25) is 4.79 Å². The molecule has 0 aromatic heterocycles. The fourth-order valence-electron chi connectivity index (χ4n) is 1.72. The number of hydrogen-bond donors (Lipinski definition) is 2. The van der Waals surface area contributed by atoms with Crippen LogP contribution < -0.4 is 5.32 Å². The predicted octanol–water partition coefficient (Wildman–Crippen LogP) is 2.70. The van der Waals surface area contributed by atoms with E-state index in [2.05, 4.69) is 21.2 Å². The molecular formula is C14H19BrN2O3. The number of halogens is 1. The minimum Gasteiger partial charge on any atom is -0.480 e. The number of carbonyl (C=O) groups excluding carboxylic acids is 1. The Kier molecular flexibility index (Phi) is 6.51. The SMILES string of the molecule is CC(C)CN(CC(=O)O)C(=O)NCc1ccc(Br)cc1. The highest BCUT2D eigenvalue weighted by atomic mass is 79.9. The molecule has 0 saturated heterocycles. The van der Waals surface area contributed by atoms with Gasteiger partial charge in [0, 0.05) is 17.6 Å². The van der Waals surface area contributed by atoms with E-state index in [1.54, 1.807) is 0 Å². The minimum atomic E-state index is -1.01. The number of aliphatic carboxylic acids is 1. The Labute approximate surface area is 127 Å². The lowest BCUT2D eigenvalue weighted by Gasteiger charge is -2.23. The van der Waals surface area contributed by atoms with E-state index in [9.17, 15) is 9.59 Å². The molecule has 0 unspecified atom stereocenters. The van der Waals surface area contributed by atoms with E-state index in [4.69, 9.17) is 5.11 Å². The molecule has 1 aromatic carbocycles. The van der Waals surface area contributed by atoms with Crippen molar-refractivity contribution in [3.63, 3.8) is 0 Å². The third kappa shape index (κ3) is 6.06. The summed E-state index contributed by atoms with van der Waals surface area (Å²) in [5.41, 5.74) is 0.960. The Bertz CT molecular complexity index is 460. The lowest BCUT2D eigenvalue weighted by molar-refractivity contribution is -0.137. The minimum absolute atomic E-state index is 0.216. The van der Waals surface area contributed by atoms with Gasteiger partial charge in [-0.05, 0) is 23.6 Å². The second kappa shape index (κ2) is 7.89. The van der Waals surface area contributed by atoms with Gasteiger partial charge >= 0.3 is 12.0 Å². The Morgan fingerprint density at radius 2 is 1.90 bits per heavy atom. The number of nitrogens with zero attached hydrogens (tertiary/aromatic N) is 1. The van der Waals surface area contributed by atoms with Gasteiger partial charge in [0.05, 0.1) is 0 Å². The first-order valence-electron chi connectivity index (χ1n) is 6.37. The normalized spacial score (nSPS) is 10.4. The Balaban J connectivity index is 2.56. The zero-order valence-electron chi connectivity index (χ0n) is 11.6. The van der Waals surface area contributed by atoms with Gasteiger partial charge < -0.3 is 15.3 Å². The first-order valence-corrected chi connectivity index (χ1v) is 7.16. The van der Waals surface area contributed by atoms with Gasteiger partial charge in [-0.15, -0.1) is 0 Å². The molecule has 0 aliphatic carbocycles. The van der Waals surface area contributed by atoms with Crippen molar-refractivity contribution in [1.29, 1.82) is 0 Å². The average Bonchev–Trinajstić information content (AvgIpc) is 2.36. The van der Waals surface area contributed by atoms with Gasteiger partial charge in [-0.1, -0.05) is 41.9 Å². The van der Waals surface area contributed by atoms with Crippen molar-refractivity contribution in [2.24, 2.45) is 5.92 Å². The quantitative estimate of drug-likeness (QED) is 0.834. The van der Waals surface area contributed by atoms with Gasteiger partial charge in [-0.25, -0.2) is 4.79 Å². The van der Waals surface area contributed by atoms with Gasteiger partial charge in [0.1, 0.15) is 6.54 Å². The number of rotatable bonds is 6. The predicted molar refractivity (Wildman–Crippen MR) is 80.4 cm³/mol. The van der Waals surface area contributed by atoms with Crippen LogP contribution in [-0.4, -0.2) is 35.1 Å². The van der Waals surface area contributed by atoms with Crippen molar-refractivity contribution in [3.8, 4) is 0 Å². The Morgan fingerprint density at radius 1 is 1.30 bits per heavy atom. The maximum Gasteiger partial charge on any atom is 0.323 e. The van der Waals surface area contributed by atoms with Crippen LogP contribution in [0.5, 0.6) is 0 Å². The molecule has 20 heavy (non-hydrogen) atoms. The molecule has 0 atom stereocenters. The summed E-state index contributed by atoms with van der Waals surface area (Å²) >= 11 is 3.34. The van der Waals surface area contributed by atoms with Crippen molar-refractivity contribution in [1.82, 2.24) is 10.2 Å². The van der Waals surface area contributed by atoms with Gasteiger partial charge in [0.15, 0.2) is 0 Å². The number of urea groups is 1. The molecule has 1 aromatic rings.